The van der Waals surface area contributed by atoms with Crippen LogP contribution in [0.4, 0.5) is 26.0 Å². The molecule has 164 valence electrons. The van der Waals surface area contributed by atoms with E-state index in [-0.39, 0.29) is 5.69 Å². The van der Waals surface area contributed by atoms with Gasteiger partial charge in [0.25, 0.3) is 0 Å². The molecule has 0 unspecified atom stereocenters. The van der Waals surface area contributed by atoms with Gasteiger partial charge in [0.2, 0.25) is 0 Å². The molecule has 0 saturated carbocycles. The summed E-state index contributed by atoms with van der Waals surface area (Å²) in [6.07, 6.45) is 0. The summed E-state index contributed by atoms with van der Waals surface area (Å²) in [4.78, 5) is 6.75. The van der Waals surface area contributed by atoms with E-state index in [0.717, 1.165) is 35.8 Å². The number of hydrogen-bond acceptors (Lipinski definition) is 6. The van der Waals surface area contributed by atoms with Crippen LogP contribution in [-0.2, 0) is 4.74 Å². The molecule has 1 aliphatic rings. The Labute approximate surface area is 183 Å². The minimum atomic E-state index is -0.693. The Hall–Kier alpha value is -3.72. The van der Waals surface area contributed by atoms with Gasteiger partial charge in [-0.15, -0.1) is 0 Å². The van der Waals surface area contributed by atoms with Gasteiger partial charge in [0.15, 0.2) is 5.65 Å². The third-order valence-corrected chi connectivity index (χ3v) is 5.43. The molecule has 2 aromatic carbocycles. The minimum absolute atomic E-state index is 0.137. The highest BCUT2D eigenvalue weighted by molar-refractivity contribution is 5.94. The van der Waals surface area contributed by atoms with Crippen LogP contribution in [-0.4, -0.2) is 48.6 Å². The Morgan fingerprint density at radius 2 is 1.91 bits per heavy atom. The maximum absolute atomic E-state index is 14.0. The molecule has 7 nitrogen and oxygen atoms in total. The highest BCUT2D eigenvalue weighted by Gasteiger charge is 2.18. The quantitative estimate of drug-likeness (QED) is 0.479. The number of aromatic amines is 1. The SMILES string of the molecule is COc1ccc(N2CCOCC2)cc1-c1n[nH]c2nc(Nc3ccc(F)cc3F)ccc12. The van der Waals surface area contributed by atoms with E-state index in [9.17, 15) is 8.78 Å². The Morgan fingerprint density at radius 3 is 2.69 bits per heavy atom. The molecule has 3 heterocycles. The standard InChI is InChI=1S/C23H21F2N5O2/c1-31-20-6-3-15(30-8-10-32-11-9-30)13-17(20)22-16-4-7-21(27-23(16)29-28-22)26-19-5-2-14(24)12-18(19)25/h2-7,12-13H,8-11H2,1H3,(H2,26,27,28,29). The molecular formula is C23H21F2N5O2. The normalized spacial score (nSPS) is 14.0. The highest BCUT2D eigenvalue weighted by atomic mass is 19.1. The first-order chi connectivity index (χ1) is 15.6. The van der Waals surface area contributed by atoms with Crippen molar-refractivity contribution >= 4 is 28.2 Å². The van der Waals surface area contributed by atoms with E-state index in [0.29, 0.717) is 36.1 Å². The van der Waals surface area contributed by atoms with Gasteiger partial charge in [-0.2, -0.15) is 5.10 Å². The first-order valence-corrected chi connectivity index (χ1v) is 10.2. The number of nitrogens with zero attached hydrogens (tertiary/aromatic N) is 3. The van der Waals surface area contributed by atoms with Gasteiger partial charge in [-0.05, 0) is 42.5 Å². The molecule has 0 radical (unpaired) electrons. The number of H-pyrrole nitrogens is 1. The zero-order valence-electron chi connectivity index (χ0n) is 17.4. The van der Waals surface area contributed by atoms with E-state index < -0.39 is 11.6 Å². The summed E-state index contributed by atoms with van der Waals surface area (Å²) in [7, 11) is 1.62. The number of fused-ring (bicyclic) bond motifs is 1. The molecule has 1 saturated heterocycles. The van der Waals surface area contributed by atoms with Crippen molar-refractivity contribution in [3.63, 3.8) is 0 Å². The first-order valence-electron chi connectivity index (χ1n) is 10.2. The van der Waals surface area contributed by atoms with Crippen molar-refractivity contribution in [2.24, 2.45) is 0 Å². The fourth-order valence-electron chi connectivity index (χ4n) is 3.81. The monoisotopic (exact) mass is 437 g/mol. The van der Waals surface area contributed by atoms with E-state index in [1.165, 1.54) is 12.1 Å². The van der Waals surface area contributed by atoms with Crippen molar-refractivity contribution in [1.29, 1.82) is 0 Å². The molecular weight excluding hydrogens is 416 g/mol. The minimum Gasteiger partial charge on any atom is -0.496 e. The van der Waals surface area contributed by atoms with Crippen LogP contribution >= 0.6 is 0 Å². The van der Waals surface area contributed by atoms with Crippen LogP contribution < -0.4 is 15.0 Å². The molecule has 0 bridgehead atoms. The van der Waals surface area contributed by atoms with E-state index in [4.69, 9.17) is 9.47 Å². The van der Waals surface area contributed by atoms with Crippen LogP contribution in [0.25, 0.3) is 22.3 Å². The summed E-state index contributed by atoms with van der Waals surface area (Å²) in [6.45, 7) is 3.04. The van der Waals surface area contributed by atoms with E-state index in [1.54, 1.807) is 13.2 Å². The van der Waals surface area contributed by atoms with Crippen LogP contribution in [0.5, 0.6) is 5.75 Å². The third kappa shape index (κ3) is 3.82. The Balaban J connectivity index is 1.49. The van der Waals surface area contributed by atoms with Crippen molar-refractivity contribution < 1.29 is 18.3 Å². The average Bonchev–Trinajstić information content (AvgIpc) is 3.24. The number of ether oxygens (including phenoxy) is 2. The maximum Gasteiger partial charge on any atom is 0.158 e. The second kappa shape index (κ2) is 8.43. The van der Waals surface area contributed by atoms with Crippen LogP contribution in [0, 0.1) is 11.6 Å². The summed E-state index contributed by atoms with van der Waals surface area (Å²) in [5, 5.41) is 11.1. The van der Waals surface area contributed by atoms with E-state index in [1.807, 2.05) is 18.2 Å². The number of aromatic nitrogens is 3. The van der Waals surface area contributed by atoms with Gasteiger partial charge >= 0.3 is 0 Å². The highest BCUT2D eigenvalue weighted by Crippen LogP contribution is 2.36. The lowest BCUT2D eigenvalue weighted by atomic mass is 10.1. The fraction of sp³-hybridized carbons (Fsp3) is 0.217. The Bertz CT molecular complexity index is 1270. The van der Waals surface area contributed by atoms with Gasteiger partial charge in [0.1, 0.15) is 28.9 Å². The van der Waals surface area contributed by atoms with Crippen LogP contribution in [0.1, 0.15) is 0 Å². The molecule has 0 aliphatic carbocycles. The zero-order valence-corrected chi connectivity index (χ0v) is 17.4. The molecule has 0 amide bonds. The predicted octanol–water partition coefficient (Wildman–Crippen LogP) is 4.49. The van der Waals surface area contributed by atoms with E-state index >= 15 is 0 Å². The number of rotatable bonds is 5. The molecule has 2 aromatic heterocycles. The molecule has 9 heteroatoms. The molecule has 1 aliphatic heterocycles. The number of hydrogen-bond donors (Lipinski definition) is 2. The summed E-state index contributed by atoms with van der Waals surface area (Å²) >= 11 is 0. The summed E-state index contributed by atoms with van der Waals surface area (Å²) in [6, 6.07) is 12.9. The average molecular weight is 437 g/mol. The second-order valence-corrected chi connectivity index (χ2v) is 7.40. The topological polar surface area (TPSA) is 75.3 Å². The third-order valence-electron chi connectivity index (χ3n) is 5.43. The van der Waals surface area contributed by atoms with Crippen molar-refractivity contribution in [2.75, 3.05) is 43.6 Å². The molecule has 0 spiro atoms. The molecule has 1 fully saturated rings. The number of halogens is 2. The lowest BCUT2D eigenvalue weighted by Gasteiger charge is -2.29. The second-order valence-electron chi connectivity index (χ2n) is 7.40. The molecule has 32 heavy (non-hydrogen) atoms. The van der Waals surface area contributed by atoms with E-state index in [2.05, 4.69) is 31.5 Å². The summed E-state index contributed by atoms with van der Waals surface area (Å²) in [5.41, 5.74) is 3.29. The first kappa shape index (κ1) is 20.2. The molecule has 4 aromatic rings. The number of pyridine rings is 1. The number of methoxy groups -OCH3 is 1. The van der Waals surface area contributed by atoms with Crippen molar-refractivity contribution in [3.8, 4) is 17.0 Å². The fourth-order valence-corrected chi connectivity index (χ4v) is 3.81. The lowest BCUT2D eigenvalue weighted by Crippen LogP contribution is -2.36. The smallest absolute Gasteiger partial charge is 0.158 e. The Morgan fingerprint density at radius 1 is 1.06 bits per heavy atom. The largest absolute Gasteiger partial charge is 0.496 e. The van der Waals surface area contributed by atoms with Crippen molar-refractivity contribution in [1.82, 2.24) is 15.2 Å². The van der Waals surface area contributed by atoms with Crippen LogP contribution in [0.15, 0.2) is 48.5 Å². The number of anilines is 3. The summed E-state index contributed by atoms with van der Waals surface area (Å²) in [5.74, 6) is -0.219. The van der Waals surface area contributed by atoms with Gasteiger partial charge in [0.05, 0.1) is 26.0 Å². The maximum atomic E-state index is 14.0. The van der Waals surface area contributed by atoms with Crippen molar-refractivity contribution in [3.05, 3.63) is 60.2 Å². The summed E-state index contributed by atoms with van der Waals surface area (Å²) < 4.78 is 38.2. The predicted molar refractivity (Wildman–Crippen MR) is 119 cm³/mol. The van der Waals surface area contributed by atoms with Gasteiger partial charge < -0.3 is 19.7 Å². The van der Waals surface area contributed by atoms with Crippen LogP contribution in [0.3, 0.4) is 0 Å². The molecule has 5 rings (SSSR count). The van der Waals surface area contributed by atoms with Gasteiger partial charge in [-0.3, -0.25) is 5.10 Å². The Kier molecular flexibility index (Phi) is 5.32. The zero-order chi connectivity index (χ0) is 22.1. The number of benzene rings is 2. The number of morpholine rings is 1. The number of nitrogens with one attached hydrogen (secondary N) is 2. The van der Waals surface area contributed by atoms with Crippen LogP contribution in [0.2, 0.25) is 0 Å². The van der Waals surface area contributed by atoms with Gasteiger partial charge in [-0.25, -0.2) is 13.8 Å². The van der Waals surface area contributed by atoms with Gasteiger partial charge in [-0.1, -0.05) is 0 Å². The van der Waals surface area contributed by atoms with Gasteiger partial charge in [0, 0.05) is 35.8 Å². The lowest BCUT2D eigenvalue weighted by molar-refractivity contribution is 0.122. The van der Waals surface area contributed by atoms with Crippen molar-refractivity contribution in [2.45, 2.75) is 0 Å². The molecule has 0 atom stereocenters. The molecule has 2 N–H and O–H groups in total.